The Kier molecular flexibility index (Phi) is 2.93. The topological polar surface area (TPSA) is 72.4 Å². The van der Waals surface area contributed by atoms with Gasteiger partial charge >= 0.3 is 0 Å². The molecule has 1 aromatic rings. The minimum absolute atomic E-state index is 0.0768. The van der Waals surface area contributed by atoms with E-state index in [4.69, 9.17) is 4.74 Å². The molecular weight excluding hydrogens is 252 g/mol. The van der Waals surface area contributed by atoms with Crippen LogP contribution in [-0.4, -0.2) is 29.5 Å². The maximum absolute atomic E-state index is 9.53. The zero-order valence-corrected chi connectivity index (χ0v) is 11.2. The molecule has 0 spiro atoms. The Morgan fingerprint density at radius 3 is 2.85 bits per heavy atom. The summed E-state index contributed by atoms with van der Waals surface area (Å²) < 4.78 is 5.65. The van der Waals surface area contributed by atoms with Crippen LogP contribution in [0, 0.1) is 22.7 Å². The van der Waals surface area contributed by atoms with Crippen molar-refractivity contribution in [1.29, 1.82) is 10.5 Å². The minimum Gasteiger partial charge on any atom is -0.374 e. The molecule has 2 aliphatic heterocycles. The van der Waals surface area contributed by atoms with Crippen molar-refractivity contribution in [3.63, 3.8) is 0 Å². The highest BCUT2D eigenvalue weighted by atomic mass is 16.5. The standard InChI is InChI=1S/C15H14N4O/c1-2-20-14-7-13-12-6-4-3-5-11(12)8-18-19(13)15(14,9-16)10-17/h3-6,8,13-14H,2,7H2,1H3/t13-,14+/m0/s1. The highest BCUT2D eigenvalue weighted by Crippen LogP contribution is 2.46. The molecule has 2 atom stereocenters. The van der Waals surface area contributed by atoms with Crippen LogP contribution in [0.5, 0.6) is 0 Å². The first kappa shape index (κ1) is 12.7. The monoisotopic (exact) mass is 266 g/mol. The molecular formula is C15H14N4O. The predicted molar refractivity (Wildman–Crippen MR) is 72.6 cm³/mol. The molecule has 0 bridgehead atoms. The second kappa shape index (κ2) is 4.63. The van der Waals surface area contributed by atoms with Gasteiger partial charge < -0.3 is 4.74 Å². The summed E-state index contributed by atoms with van der Waals surface area (Å²) in [5.74, 6) is 0. The largest absolute Gasteiger partial charge is 0.374 e. The molecule has 1 aromatic carbocycles. The van der Waals surface area contributed by atoms with Crippen LogP contribution in [0.2, 0.25) is 0 Å². The second-order valence-electron chi connectivity index (χ2n) is 4.90. The van der Waals surface area contributed by atoms with Crippen LogP contribution in [0.15, 0.2) is 29.4 Å². The van der Waals surface area contributed by atoms with Crippen LogP contribution in [-0.2, 0) is 4.74 Å². The molecule has 5 nitrogen and oxygen atoms in total. The van der Waals surface area contributed by atoms with E-state index in [2.05, 4.69) is 17.2 Å². The van der Waals surface area contributed by atoms with Gasteiger partial charge in [0.2, 0.25) is 0 Å². The Hall–Kier alpha value is -2.37. The van der Waals surface area contributed by atoms with E-state index in [9.17, 15) is 10.5 Å². The van der Waals surface area contributed by atoms with Gasteiger partial charge in [0.15, 0.2) is 0 Å². The first-order valence-corrected chi connectivity index (χ1v) is 6.63. The average Bonchev–Trinajstić information content (AvgIpc) is 2.82. The Morgan fingerprint density at radius 2 is 2.15 bits per heavy atom. The third kappa shape index (κ3) is 1.54. The fourth-order valence-electron chi connectivity index (χ4n) is 3.01. The van der Waals surface area contributed by atoms with Crippen molar-refractivity contribution in [1.82, 2.24) is 5.01 Å². The van der Waals surface area contributed by atoms with E-state index in [0.29, 0.717) is 13.0 Å². The first-order chi connectivity index (χ1) is 9.76. The van der Waals surface area contributed by atoms with E-state index in [1.807, 2.05) is 31.2 Å². The smallest absolute Gasteiger partial charge is 0.256 e. The van der Waals surface area contributed by atoms with E-state index in [1.54, 1.807) is 11.2 Å². The zero-order chi connectivity index (χ0) is 14.2. The Morgan fingerprint density at radius 1 is 1.40 bits per heavy atom. The number of fused-ring (bicyclic) bond motifs is 3. The third-order valence-corrected chi connectivity index (χ3v) is 3.94. The van der Waals surface area contributed by atoms with Crippen molar-refractivity contribution in [2.24, 2.45) is 5.10 Å². The molecule has 0 radical (unpaired) electrons. The van der Waals surface area contributed by atoms with Crippen molar-refractivity contribution in [2.75, 3.05) is 6.61 Å². The van der Waals surface area contributed by atoms with E-state index < -0.39 is 11.6 Å². The van der Waals surface area contributed by atoms with Gasteiger partial charge in [-0.15, -0.1) is 0 Å². The van der Waals surface area contributed by atoms with Crippen molar-refractivity contribution < 1.29 is 4.74 Å². The number of rotatable bonds is 2. The normalized spacial score (nSPS) is 25.4. The quantitative estimate of drug-likeness (QED) is 0.820. The summed E-state index contributed by atoms with van der Waals surface area (Å²) in [6, 6.07) is 12.1. The third-order valence-electron chi connectivity index (χ3n) is 3.94. The lowest BCUT2D eigenvalue weighted by Crippen LogP contribution is -2.47. The molecule has 3 rings (SSSR count). The molecule has 1 fully saturated rings. The maximum atomic E-state index is 9.53. The fourth-order valence-corrected chi connectivity index (χ4v) is 3.01. The number of nitriles is 2. The van der Waals surface area contributed by atoms with E-state index >= 15 is 0 Å². The summed E-state index contributed by atoms with van der Waals surface area (Å²) in [5, 5.41) is 25.0. The van der Waals surface area contributed by atoms with E-state index in [0.717, 1.165) is 11.1 Å². The molecule has 0 aromatic heterocycles. The maximum Gasteiger partial charge on any atom is 0.256 e. The Labute approximate surface area is 117 Å². The van der Waals surface area contributed by atoms with Crippen molar-refractivity contribution in [2.45, 2.75) is 31.0 Å². The minimum atomic E-state index is -1.34. The van der Waals surface area contributed by atoms with Crippen molar-refractivity contribution >= 4 is 6.21 Å². The van der Waals surface area contributed by atoms with E-state index in [1.165, 1.54) is 0 Å². The second-order valence-corrected chi connectivity index (χ2v) is 4.90. The lowest BCUT2D eigenvalue weighted by Gasteiger charge is -2.33. The molecule has 1 saturated heterocycles. The van der Waals surface area contributed by atoms with Gasteiger partial charge in [-0.2, -0.15) is 15.6 Å². The van der Waals surface area contributed by atoms with Crippen molar-refractivity contribution in [3.05, 3.63) is 35.4 Å². The molecule has 2 aliphatic rings. The SMILES string of the molecule is CCO[C@@H]1C[C@H]2c3ccccc3C=NN2C1(C#N)C#N. The summed E-state index contributed by atoms with van der Waals surface area (Å²) >= 11 is 0. The number of hydrogen-bond donors (Lipinski definition) is 0. The van der Waals surface area contributed by atoms with Gasteiger partial charge in [-0.05, 0) is 18.1 Å². The molecule has 0 unspecified atom stereocenters. The predicted octanol–water partition coefficient (Wildman–Crippen LogP) is 1.97. The summed E-state index contributed by atoms with van der Waals surface area (Å²) in [7, 11) is 0. The molecule has 0 amide bonds. The first-order valence-electron chi connectivity index (χ1n) is 6.63. The molecule has 5 heteroatoms. The van der Waals surface area contributed by atoms with Gasteiger partial charge in [0.25, 0.3) is 5.54 Å². The Bertz CT molecular complexity index is 626. The van der Waals surface area contributed by atoms with Crippen LogP contribution < -0.4 is 0 Å². The highest BCUT2D eigenvalue weighted by Gasteiger charge is 2.57. The Balaban J connectivity index is 2.09. The molecule has 2 heterocycles. The van der Waals surface area contributed by atoms with Gasteiger partial charge in [-0.1, -0.05) is 24.3 Å². The summed E-state index contributed by atoms with van der Waals surface area (Å²) in [6.45, 7) is 2.34. The lowest BCUT2D eigenvalue weighted by molar-refractivity contribution is 0.0265. The van der Waals surface area contributed by atoms with Gasteiger partial charge in [0.05, 0.1) is 12.3 Å². The van der Waals surface area contributed by atoms with Gasteiger partial charge in [0, 0.05) is 13.0 Å². The molecule has 100 valence electrons. The molecule has 0 saturated carbocycles. The summed E-state index contributed by atoms with van der Waals surface area (Å²) in [4.78, 5) is 0. The van der Waals surface area contributed by atoms with Crippen molar-refractivity contribution in [3.8, 4) is 12.1 Å². The fraction of sp³-hybridized carbons (Fsp3) is 0.400. The zero-order valence-electron chi connectivity index (χ0n) is 11.2. The molecule has 0 aliphatic carbocycles. The average molecular weight is 266 g/mol. The van der Waals surface area contributed by atoms with Crippen LogP contribution in [0.1, 0.15) is 30.5 Å². The summed E-state index contributed by atoms with van der Waals surface area (Å²) in [5.41, 5.74) is 0.792. The van der Waals surface area contributed by atoms with Gasteiger partial charge in [-0.3, -0.25) is 5.01 Å². The van der Waals surface area contributed by atoms with Gasteiger partial charge in [-0.25, -0.2) is 0 Å². The summed E-state index contributed by atoms with van der Waals surface area (Å²) in [6.07, 6.45) is 1.86. The van der Waals surface area contributed by atoms with Crippen LogP contribution >= 0.6 is 0 Å². The highest BCUT2D eigenvalue weighted by molar-refractivity contribution is 5.83. The molecule has 0 N–H and O–H groups in total. The molecule has 20 heavy (non-hydrogen) atoms. The van der Waals surface area contributed by atoms with Gasteiger partial charge in [0.1, 0.15) is 18.2 Å². The lowest BCUT2D eigenvalue weighted by atomic mass is 9.96. The number of ether oxygens (including phenoxy) is 1. The van der Waals surface area contributed by atoms with Crippen LogP contribution in [0.3, 0.4) is 0 Å². The number of nitrogens with zero attached hydrogens (tertiary/aromatic N) is 4. The van der Waals surface area contributed by atoms with Crippen LogP contribution in [0.25, 0.3) is 0 Å². The number of hydrogen-bond acceptors (Lipinski definition) is 5. The number of benzene rings is 1. The number of hydrazone groups is 1. The van der Waals surface area contributed by atoms with Crippen LogP contribution in [0.4, 0.5) is 0 Å². The van der Waals surface area contributed by atoms with E-state index in [-0.39, 0.29) is 6.04 Å².